The number of hydrogen-bond donors (Lipinski definition) is 1. The third kappa shape index (κ3) is 29.4. The van der Waals surface area contributed by atoms with Gasteiger partial charge in [-0.05, 0) is 12.8 Å². The molecule has 2 nitrogen and oxygen atoms in total. The number of hydrogen-bond acceptors (Lipinski definition) is 1. The summed E-state index contributed by atoms with van der Waals surface area (Å²) in [5.41, 5.74) is 0. The topological polar surface area (TPSA) is 29.1 Å². The third-order valence-electron chi connectivity index (χ3n) is 7.11. The van der Waals surface area contributed by atoms with Gasteiger partial charge >= 0.3 is 0 Å². The molecule has 0 radical (unpaired) electrons. The Balaban J connectivity index is 3.07. The lowest BCUT2D eigenvalue weighted by Gasteiger charge is -2.05. The molecule has 0 aromatic heterocycles. The monoisotopic (exact) mass is 465 g/mol. The quantitative estimate of drug-likeness (QED) is 0.114. The highest BCUT2D eigenvalue weighted by Crippen LogP contribution is 2.15. The fourth-order valence-electron chi connectivity index (χ4n) is 4.76. The molecule has 0 unspecified atom stereocenters. The Labute approximate surface area is 209 Å². The third-order valence-corrected chi connectivity index (χ3v) is 7.11. The van der Waals surface area contributed by atoms with Gasteiger partial charge in [0.1, 0.15) is 0 Å². The highest BCUT2D eigenvalue weighted by molar-refractivity contribution is 5.75. The van der Waals surface area contributed by atoms with Crippen molar-refractivity contribution in [3.63, 3.8) is 0 Å². The molecule has 0 aromatic rings. The van der Waals surface area contributed by atoms with Crippen LogP contribution in [0.15, 0.2) is 0 Å². The number of carbonyl (C=O) groups is 1. The van der Waals surface area contributed by atoms with Gasteiger partial charge in [-0.3, -0.25) is 4.79 Å². The second-order valence-corrected chi connectivity index (χ2v) is 10.6. The Morgan fingerprint density at radius 1 is 0.394 bits per heavy atom. The van der Waals surface area contributed by atoms with Gasteiger partial charge in [0.05, 0.1) is 0 Å². The Kier molecular flexibility index (Phi) is 29.0. The average Bonchev–Trinajstić information content (AvgIpc) is 2.82. The van der Waals surface area contributed by atoms with E-state index >= 15 is 0 Å². The Bertz CT molecular complexity index is 368. The predicted molar refractivity (Wildman–Crippen MR) is 149 cm³/mol. The minimum Gasteiger partial charge on any atom is -0.356 e. The van der Waals surface area contributed by atoms with Crippen LogP contribution in [0.1, 0.15) is 187 Å². The molecular formula is C31H63NO. The van der Waals surface area contributed by atoms with E-state index in [9.17, 15) is 4.79 Å². The average molecular weight is 466 g/mol. The van der Waals surface area contributed by atoms with E-state index in [1.807, 2.05) is 0 Å². The molecule has 2 heteroatoms. The summed E-state index contributed by atoms with van der Waals surface area (Å²) in [4.78, 5) is 11.7. The summed E-state index contributed by atoms with van der Waals surface area (Å²) in [6.45, 7) is 5.36. The Morgan fingerprint density at radius 2 is 0.667 bits per heavy atom. The van der Waals surface area contributed by atoms with Crippen molar-refractivity contribution in [3.8, 4) is 0 Å². The fourth-order valence-corrected chi connectivity index (χ4v) is 4.76. The predicted octanol–water partition coefficient (Wildman–Crippen LogP) is 10.7. The van der Waals surface area contributed by atoms with Crippen LogP contribution in [0.5, 0.6) is 0 Å². The van der Waals surface area contributed by atoms with Gasteiger partial charge in [-0.25, -0.2) is 0 Å². The van der Waals surface area contributed by atoms with E-state index in [1.54, 1.807) is 0 Å². The molecule has 33 heavy (non-hydrogen) atoms. The number of carbonyl (C=O) groups excluding carboxylic acids is 1. The van der Waals surface area contributed by atoms with E-state index in [4.69, 9.17) is 0 Å². The first kappa shape index (κ1) is 32.5. The van der Waals surface area contributed by atoms with Gasteiger partial charge in [0.2, 0.25) is 5.91 Å². The lowest BCUT2D eigenvalue weighted by Crippen LogP contribution is -2.23. The second-order valence-electron chi connectivity index (χ2n) is 10.6. The molecule has 198 valence electrons. The zero-order valence-corrected chi connectivity index (χ0v) is 23.2. The molecule has 0 heterocycles. The van der Waals surface area contributed by atoms with Gasteiger partial charge in [0.15, 0.2) is 0 Å². The fraction of sp³-hybridized carbons (Fsp3) is 0.968. The van der Waals surface area contributed by atoms with E-state index in [1.165, 1.54) is 154 Å². The number of nitrogens with one attached hydrogen (secondary N) is 1. The van der Waals surface area contributed by atoms with Crippen LogP contribution < -0.4 is 5.32 Å². The van der Waals surface area contributed by atoms with Crippen molar-refractivity contribution in [2.75, 3.05) is 6.54 Å². The maximum absolute atomic E-state index is 11.7. The van der Waals surface area contributed by atoms with Crippen LogP contribution in [-0.2, 0) is 4.79 Å². The molecule has 0 aliphatic rings. The lowest BCUT2D eigenvalue weighted by molar-refractivity contribution is -0.121. The summed E-state index contributed by atoms with van der Waals surface area (Å²) in [5, 5.41) is 3.04. The van der Waals surface area contributed by atoms with Crippen LogP contribution in [0.25, 0.3) is 0 Å². The first-order valence-corrected chi connectivity index (χ1v) is 15.6. The highest BCUT2D eigenvalue weighted by Gasteiger charge is 2.00. The van der Waals surface area contributed by atoms with Gasteiger partial charge in [-0.2, -0.15) is 0 Å². The van der Waals surface area contributed by atoms with Crippen molar-refractivity contribution in [2.24, 2.45) is 0 Å². The van der Waals surface area contributed by atoms with Crippen LogP contribution in [0.3, 0.4) is 0 Å². The summed E-state index contributed by atoms with van der Waals surface area (Å²) in [7, 11) is 0. The molecular weight excluding hydrogens is 402 g/mol. The molecule has 1 amide bonds. The van der Waals surface area contributed by atoms with Crippen molar-refractivity contribution in [2.45, 2.75) is 187 Å². The molecule has 1 N–H and O–H groups in total. The first-order valence-electron chi connectivity index (χ1n) is 15.6. The molecule has 0 saturated heterocycles. The maximum atomic E-state index is 11.7. The van der Waals surface area contributed by atoms with Crippen molar-refractivity contribution in [3.05, 3.63) is 0 Å². The molecule has 0 aromatic carbocycles. The summed E-state index contributed by atoms with van der Waals surface area (Å²) >= 11 is 0. The smallest absolute Gasteiger partial charge is 0.219 e. The van der Waals surface area contributed by atoms with Crippen LogP contribution in [-0.4, -0.2) is 12.5 Å². The summed E-state index contributed by atoms with van der Waals surface area (Å²) in [6, 6.07) is 0. The number of unbranched alkanes of at least 4 members (excludes halogenated alkanes) is 24. The maximum Gasteiger partial charge on any atom is 0.219 e. The molecule has 0 atom stereocenters. The van der Waals surface area contributed by atoms with Gasteiger partial charge in [-0.1, -0.05) is 168 Å². The van der Waals surface area contributed by atoms with E-state index in [-0.39, 0.29) is 5.91 Å². The second kappa shape index (κ2) is 29.5. The van der Waals surface area contributed by atoms with Gasteiger partial charge in [-0.15, -0.1) is 0 Å². The standard InChI is InChI=1S/C31H63NO/c1-3-5-7-8-9-10-11-12-13-14-15-16-17-18-19-20-21-22-23-24-25-26-27-29-31(33)32-30-28-6-4-2/h3-30H2,1-2H3,(H,32,33). The highest BCUT2D eigenvalue weighted by atomic mass is 16.1. The summed E-state index contributed by atoms with van der Waals surface area (Å²) in [6.07, 6.45) is 36.8. The Hall–Kier alpha value is -0.530. The van der Waals surface area contributed by atoms with E-state index in [2.05, 4.69) is 19.2 Å². The SMILES string of the molecule is CCCCCCCCCCCCCCCCCCCCCCCCCC(=O)NCCCCC. The summed E-state index contributed by atoms with van der Waals surface area (Å²) in [5.74, 6) is 0.259. The largest absolute Gasteiger partial charge is 0.356 e. The molecule has 0 spiro atoms. The molecule has 0 aliphatic carbocycles. The van der Waals surface area contributed by atoms with Gasteiger partial charge in [0, 0.05) is 13.0 Å². The van der Waals surface area contributed by atoms with E-state index in [0.717, 1.165) is 25.8 Å². The van der Waals surface area contributed by atoms with Crippen LogP contribution in [0, 0.1) is 0 Å². The molecule has 0 bridgehead atoms. The van der Waals surface area contributed by atoms with Crippen molar-refractivity contribution >= 4 is 5.91 Å². The van der Waals surface area contributed by atoms with Crippen molar-refractivity contribution < 1.29 is 4.79 Å². The van der Waals surface area contributed by atoms with Gasteiger partial charge < -0.3 is 5.32 Å². The van der Waals surface area contributed by atoms with Crippen molar-refractivity contribution in [1.29, 1.82) is 0 Å². The lowest BCUT2D eigenvalue weighted by atomic mass is 10.0. The van der Waals surface area contributed by atoms with E-state index in [0.29, 0.717) is 0 Å². The first-order chi connectivity index (χ1) is 16.3. The van der Waals surface area contributed by atoms with Gasteiger partial charge in [0.25, 0.3) is 0 Å². The Morgan fingerprint density at radius 3 is 1.00 bits per heavy atom. The zero-order chi connectivity index (χ0) is 24.1. The molecule has 0 saturated carbocycles. The molecule has 0 fully saturated rings. The van der Waals surface area contributed by atoms with Crippen LogP contribution in [0.4, 0.5) is 0 Å². The van der Waals surface area contributed by atoms with E-state index < -0.39 is 0 Å². The molecule has 0 rings (SSSR count). The van der Waals surface area contributed by atoms with Crippen molar-refractivity contribution in [1.82, 2.24) is 5.32 Å². The number of rotatable bonds is 28. The van der Waals surface area contributed by atoms with Crippen LogP contribution >= 0.6 is 0 Å². The molecule has 0 aliphatic heterocycles. The minimum absolute atomic E-state index is 0.259. The minimum atomic E-state index is 0.259. The van der Waals surface area contributed by atoms with Crippen LogP contribution in [0.2, 0.25) is 0 Å². The zero-order valence-electron chi connectivity index (χ0n) is 23.2. The summed E-state index contributed by atoms with van der Waals surface area (Å²) < 4.78 is 0. The normalized spacial score (nSPS) is 11.2. The number of amides is 1.